The van der Waals surface area contributed by atoms with Crippen LogP contribution in [0.1, 0.15) is 25.6 Å². The van der Waals surface area contributed by atoms with E-state index >= 15 is 0 Å². The number of nitrogens with zero attached hydrogens (tertiary/aromatic N) is 1. The molecule has 1 N–H and O–H groups in total. The largest absolute Gasteiger partial charge is 0.459 e. The third kappa shape index (κ3) is 3.00. The number of rotatable bonds is 5. The Morgan fingerprint density at radius 2 is 2.15 bits per heavy atom. The van der Waals surface area contributed by atoms with Crippen LogP contribution in [-0.2, 0) is 0 Å². The summed E-state index contributed by atoms with van der Waals surface area (Å²) in [4.78, 5) is 10.4. The van der Waals surface area contributed by atoms with Gasteiger partial charge in [0.2, 0.25) is 0 Å². The zero-order chi connectivity index (χ0) is 14.7. The maximum absolute atomic E-state index is 10.8. The van der Waals surface area contributed by atoms with Gasteiger partial charge in [0.15, 0.2) is 0 Å². The first-order chi connectivity index (χ1) is 9.52. The van der Waals surface area contributed by atoms with Crippen LogP contribution >= 0.6 is 11.6 Å². The molecule has 0 saturated heterocycles. The summed E-state index contributed by atoms with van der Waals surface area (Å²) in [5.41, 5.74) is 0.512. The molecule has 0 spiro atoms. The van der Waals surface area contributed by atoms with Crippen LogP contribution < -0.4 is 5.32 Å². The van der Waals surface area contributed by atoms with E-state index in [-0.39, 0.29) is 11.7 Å². The van der Waals surface area contributed by atoms with E-state index in [1.165, 1.54) is 18.2 Å². The molecule has 1 aromatic carbocycles. The van der Waals surface area contributed by atoms with Gasteiger partial charge in [0.05, 0.1) is 16.0 Å². The van der Waals surface area contributed by atoms with Gasteiger partial charge in [0, 0.05) is 17.7 Å². The summed E-state index contributed by atoms with van der Waals surface area (Å²) >= 11 is 6.09. The van der Waals surface area contributed by atoms with Crippen LogP contribution in [-0.4, -0.2) is 11.5 Å². The highest BCUT2D eigenvalue weighted by atomic mass is 35.5. The summed E-state index contributed by atoms with van der Waals surface area (Å²) in [5.74, 6) is 1.29. The summed E-state index contributed by atoms with van der Waals surface area (Å²) in [6, 6.07) is 7.99. The van der Waals surface area contributed by atoms with E-state index in [0.29, 0.717) is 16.3 Å². The molecule has 1 unspecified atom stereocenters. The topological polar surface area (TPSA) is 68.3 Å². The van der Waals surface area contributed by atoms with Gasteiger partial charge in [-0.1, -0.05) is 18.5 Å². The van der Waals surface area contributed by atoms with Crippen molar-refractivity contribution in [2.24, 2.45) is 0 Å². The number of hydrogen-bond acceptors (Lipinski definition) is 4. The number of hydrogen-bond donors (Lipinski definition) is 1. The van der Waals surface area contributed by atoms with Crippen LogP contribution in [0, 0.1) is 10.1 Å². The number of non-ortho nitro benzene ring substituents is 1. The van der Waals surface area contributed by atoms with Gasteiger partial charge in [-0.15, -0.1) is 0 Å². The molecule has 0 fully saturated rings. The van der Waals surface area contributed by atoms with Crippen molar-refractivity contribution in [2.45, 2.75) is 19.9 Å². The van der Waals surface area contributed by atoms with Crippen molar-refractivity contribution >= 4 is 17.3 Å². The van der Waals surface area contributed by atoms with E-state index in [1.54, 1.807) is 6.07 Å². The Hall–Kier alpha value is -1.85. The maximum Gasteiger partial charge on any atom is 0.270 e. The highest BCUT2D eigenvalue weighted by molar-refractivity contribution is 6.33. The molecule has 0 aliphatic rings. The lowest BCUT2D eigenvalue weighted by atomic mass is 10.1. The first kappa shape index (κ1) is 14.6. The second-order valence-corrected chi connectivity index (χ2v) is 4.81. The van der Waals surface area contributed by atoms with Crippen molar-refractivity contribution in [1.29, 1.82) is 0 Å². The molecule has 2 aromatic rings. The summed E-state index contributed by atoms with van der Waals surface area (Å²) in [7, 11) is 0. The summed E-state index contributed by atoms with van der Waals surface area (Å²) in [6.07, 6.45) is 0. The van der Waals surface area contributed by atoms with Crippen LogP contribution in [0.5, 0.6) is 0 Å². The minimum Gasteiger partial charge on any atom is -0.459 e. The zero-order valence-electron chi connectivity index (χ0n) is 11.2. The fraction of sp³-hybridized carbons (Fsp3) is 0.286. The van der Waals surface area contributed by atoms with Gasteiger partial charge < -0.3 is 9.73 Å². The molecule has 1 heterocycles. The Kier molecular flexibility index (Phi) is 4.42. The molecule has 6 heteroatoms. The van der Waals surface area contributed by atoms with Crippen molar-refractivity contribution in [2.75, 3.05) is 6.54 Å². The number of benzene rings is 1. The molecule has 106 valence electrons. The lowest BCUT2D eigenvalue weighted by molar-refractivity contribution is -0.384. The molecule has 20 heavy (non-hydrogen) atoms. The van der Waals surface area contributed by atoms with Crippen LogP contribution in [0.15, 0.2) is 34.7 Å². The van der Waals surface area contributed by atoms with Crippen LogP contribution in [0.25, 0.3) is 11.3 Å². The number of halogens is 1. The minimum atomic E-state index is -0.453. The molecule has 0 radical (unpaired) electrons. The van der Waals surface area contributed by atoms with Crippen molar-refractivity contribution in [3.63, 3.8) is 0 Å². The van der Waals surface area contributed by atoms with Gasteiger partial charge in [-0.05, 0) is 31.7 Å². The van der Waals surface area contributed by atoms with E-state index in [4.69, 9.17) is 16.0 Å². The normalized spacial score (nSPS) is 12.3. The summed E-state index contributed by atoms with van der Waals surface area (Å²) < 4.78 is 5.73. The lowest BCUT2D eigenvalue weighted by Crippen LogP contribution is -2.16. The lowest BCUT2D eigenvalue weighted by Gasteiger charge is -2.08. The zero-order valence-corrected chi connectivity index (χ0v) is 12.0. The average Bonchev–Trinajstić information content (AvgIpc) is 2.88. The highest BCUT2D eigenvalue weighted by Crippen LogP contribution is 2.33. The predicted octanol–water partition coefficient (Wildman–Crippen LogP) is 4.18. The Bertz CT molecular complexity index is 625. The van der Waals surface area contributed by atoms with Crippen molar-refractivity contribution in [3.05, 3.63) is 51.2 Å². The Labute approximate surface area is 121 Å². The number of nitro groups is 1. The molecule has 1 atom stereocenters. The van der Waals surface area contributed by atoms with Gasteiger partial charge in [0.25, 0.3) is 5.69 Å². The Morgan fingerprint density at radius 3 is 2.80 bits per heavy atom. The van der Waals surface area contributed by atoms with Crippen molar-refractivity contribution in [3.8, 4) is 11.3 Å². The fourth-order valence-electron chi connectivity index (χ4n) is 1.95. The van der Waals surface area contributed by atoms with Gasteiger partial charge in [-0.25, -0.2) is 0 Å². The molecule has 0 amide bonds. The fourth-order valence-corrected chi connectivity index (χ4v) is 2.16. The van der Waals surface area contributed by atoms with Gasteiger partial charge in [-0.3, -0.25) is 10.1 Å². The van der Waals surface area contributed by atoms with Crippen molar-refractivity contribution in [1.82, 2.24) is 5.32 Å². The molecule has 0 aliphatic heterocycles. The van der Waals surface area contributed by atoms with E-state index < -0.39 is 4.92 Å². The van der Waals surface area contributed by atoms with Crippen molar-refractivity contribution < 1.29 is 9.34 Å². The molecular formula is C14H15ClN2O3. The van der Waals surface area contributed by atoms with E-state index in [1.807, 2.05) is 19.9 Å². The summed E-state index contributed by atoms with van der Waals surface area (Å²) in [6.45, 7) is 4.83. The third-order valence-electron chi connectivity index (χ3n) is 2.99. The Balaban J connectivity index is 2.36. The molecular weight excluding hydrogens is 280 g/mol. The first-order valence-corrected chi connectivity index (χ1v) is 6.68. The quantitative estimate of drug-likeness (QED) is 0.663. The van der Waals surface area contributed by atoms with Crippen LogP contribution in [0.4, 0.5) is 5.69 Å². The molecule has 2 rings (SSSR count). The second kappa shape index (κ2) is 6.07. The minimum absolute atomic E-state index is 0.0120. The molecule has 1 aromatic heterocycles. The standard InChI is InChI=1S/C14H15ClN2O3/c1-3-16-9(2)13-6-7-14(20-13)11-8-10(17(18)19)4-5-12(11)15/h4-9,16H,3H2,1-2H3. The SMILES string of the molecule is CCNC(C)c1ccc(-c2cc([N+](=O)[O-])ccc2Cl)o1. The monoisotopic (exact) mass is 294 g/mol. The highest BCUT2D eigenvalue weighted by Gasteiger charge is 2.16. The number of nitrogens with one attached hydrogen (secondary N) is 1. The maximum atomic E-state index is 10.8. The Morgan fingerprint density at radius 1 is 1.40 bits per heavy atom. The van der Waals surface area contributed by atoms with Crippen LogP contribution in [0.2, 0.25) is 5.02 Å². The van der Waals surface area contributed by atoms with E-state index in [2.05, 4.69) is 5.32 Å². The van der Waals surface area contributed by atoms with Gasteiger partial charge in [0.1, 0.15) is 11.5 Å². The molecule has 0 bridgehead atoms. The summed E-state index contributed by atoms with van der Waals surface area (Å²) in [5, 5.41) is 14.5. The van der Waals surface area contributed by atoms with Gasteiger partial charge in [-0.2, -0.15) is 0 Å². The van der Waals surface area contributed by atoms with Crippen LogP contribution in [0.3, 0.4) is 0 Å². The third-order valence-corrected chi connectivity index (χ3v) is 3.32. The first-order valence-electron chi connectivity index (χ1n) is 6.30. The molecule has 5 nitrogen and oxygen atoms in total. The predicted molar refractivity (Wildman–Crippen MR) is 77.9 cm³/mol. The second-order valence-electron chi connectivity index (χ2n) is 4.40. The van der Waals surface area contributed by atoms with E-state index in [0.717, 1.165) is 12.3 Å². The molecule has 0 saturated carbocycles. The van der Waals surface area contributed by atoms with Gasteiger partial charge >= 0.3 is 0 Å². The number of furan rings is 1. The molecule has 0 aliphatic carbocycles. The van der Waals surface area contributed by atoms with E-state index in [9.17, 15) is 10.1 Å². The average molecular weight is 295 g/mol. The number of nitro benzene ring substituents is 1. The smallest absolute Gasteiger partial charge is 0.270 e.